The molecular formula is C24H30N2O4S. The van der Waals surface area contributed by atoms with Crippen LogP contribution in [0, 0.1) is 6.92 Å². The van der Waals surface area contributed by atoms with Crippen LogP contribution >= 0.6 is 0 Å². The molecule has 31 heavy (non-hydrogen) atoms. The first kappa shape index (κ1) is 22.9. The van der Waals surface area contributed by atoms with Gasteiger partial charge in [0.25, 0.3) is 0 Å². The molecule has 0 fully saturated rings. The van der Waals surface area contributed by atoms with E-state index in [0.717, 1.165) is 22.0 Å². The Morgan fingerprint density at radius 2 is 1.68 bits per heavy atom. The fraction of sp³-hybridized carbons (Fsp3) is 0.375. The third kappa shape index (κ3) is 4.77. The van der Waals surface area contributed by atoms with Crippen LogP contribution in [-0.4, -0.2) is 43.2 Å². The largest absolute Gasteiger partial charge is 0.449 e. The van der Waals surface area contributed by atoms with E-state index in [2.05, 4.69) is 0 Å². The molecule has 166 valence electrons. The van der Waals surface area contributed by atoms with E-state index in [1.54, 1.807) is 48.3 Å². The maximum Gasteiger partial charge on any atom is 0.409 e. The van der Waals surface area contributed by atoms with E-state index < -0.39 is 9.84 Å². The first-order valence-electron chi connectivity index (χ1n) is 10.2. The molecule has 0 saturated carbocycles. The molecular weight excluding hydrogens is 412 g/mol. The summed E-state index contributed by atoms with van der Waals surface area (Å²) in [7, 11) is 0.00927. The molecule has 6 nitrogen and oxygen atoms in total. The fourth-order valence-corrected chi connectivity index (χ4v) is 4.58. The van der Waals surface area contributed by atoms with Crippen LogP contribution in [0.25, 0.3) is 10.9 Å². The van der Waals surface area contributed by atoms with Crippen molar-refractivity contribution in [2.75, 3.05) is 13.7 Å². The van der Waals surface area contributed by atoms with Gasteiger partial charge in [-0.15, -0.1) is 0 Å². The third-order valence-electron chi connectivity index (χ3n) is 5.56. The molecule has 1 aromatic heterocycles. The topological polar surface area (TPSA) is 68.6 Å². The summed E-state index contributed by atoms with van der Waals surface area (Å²) in [6.45, 7) is 7.96. The standard InChI is InChI=1S/C24H30N2O4S/c1-17-7-9-19(10-8-17)31(28,29)20-11-12-22-21(15-20)18(16-25(22)5)13-14-30-23(27)26(6)24(2,3)4/h7-12,15-16H,13-14H2,1-6H3. The van der Waals surface area contributed by atoms with E-state index in [-0.39, 0.29) is 28.0 Å². The van der Waals surface area contributed by atoms with Crippen LogP contribution in [0.3, 0.4) is 0 Å². The zero-order valence-electron chi connectivity index (χ0n) is 19.0. The predicted octanol–water partition coefficient (Wildman–Crippen LogP) is 4.73. The molecule has 0 aliphatic rings. The quantitative estimate of drug-likeness (QED) is 0.573. The third-order valence-corrected chi connectivity index (χ3v) is 7.33. The molecule has 7 heteroatoms. The number of sulfone groups is 1. The van der Waals surface area contributed by atoms with Crippen molar-refractivity contribution in [1.29, 1.82) is 0 Å². The minimum Gasteiger partial charge on any atom is -0.449 e. The van der Waals surface area contributed by atoms with Crippen molar-refractivity contribution in [2.45, 2.75) is 49.4 Å². The Hall–Kier alpha value is -2.80. The number of carbonyl (C=O) groups excluding carboxylic acids is 1. The number of nitrogens with zero attached hydrogens (tertiary/aromatic N) is 2. The van der Waals surface area contributed by atoms with Gasteiger partial charge in [0.1, 0.15) is 0 Å². The number of fused-ring (bicyclic) bond motifs is 1. The zero-order chi connectivity index (χ0) is 23.0. The van der Waals surface area contributed by atoms with Crippen molar-refractivity contribution in [3.05, 3.63) is 59.8 Å². The number of aryl methyl sites for hydroxylation is 2. The van der Waals surface area contributed by atoms with Crippen LogP contribution in [0.2, 0.25) is 0 Å². The number of amides is 1. The van der Waals surface area contributed by atoms with Crippen LogP contribution in [0.1, 0.15) is 31.9 Å². The predicted molar refractivity (Wildman–Crippen MR) is 122 cm³/mol. The number of benzene rings is 2. The second-order valence-corrected chi connectivity index (χ2v) is 10.8. The first-order chi connectivity index (χ1) is 14.4. The summed E-state index contributed by atoms with van der Waals surface area (Å²) < 4.78 is 33.6. The minimum absolute atomic E-state index is 0.216. The van der Waals surface area contributed by atoms with E-state index in [1.165, 1.54) is 0 Å². The van der Waals surface area contributed by atoms with Crippen molar-refractivity contribution < 1.29 is 17.9 Å². The SMILES string of the molecule is Cc1ccc(S(=O)(=O)c2ccc3c(c2)c(CCOC(=O)N(C)C(C)(C)C)cn3C)cc1. The van der Waals surface area contributed by atoms with Crippen LogP contribution in [0.15, 0.2) is 58.5 Å². The summed E-state index contributed by atoms with van der Waals surface area (Å²) >= 11 is 0. The van der Waals surface area contributed by atoms with Gasteiger partial charge < -0.3 is 14.2 Å². The molecule has 3 rings (SSSR count). The maximum atomic E-state index is 13.1. The second kappa shape index (κ2) is 8.38. The van der Waals surface area contributed by atoms with Gasteiger partial charge in [0.15, 0.2) is 0 Å². The molecule has 2 aromatic carbocycles. The molecule has 0 aliphatic heterocycles. The van der Waals surface area contributed by atoms with Crippen molar-refractivity contribution in [3.63, 3.8) is 0 Å². The highest BCUT2D eigenvalue weighted by Gasteiger charge is 2.24. The van der Waals surface area contributed by atoms with Crippen LogP contribution < -0.4 is 0 Å². The van der Waals surface area contributed by atoms with E-state index in [9.17, 15) is 13.2 Å². The average molecular weight is 443 g/mol. The van der Waals surface area contributed by atoms with Crippen molar-refractivity contribution >= 4 is 26.8 Å². The Morgan fingerprint density at radius 1 is 1.06 bits per heavy atom. The van der Waals surface area contributed by atoms with Gasteiger partial charge in [-0.2, -0.15) is 0 Å². The Labute approximate surface area is 184 Å². The lowest BCUT2D eigenvalue weighted by atomic mass is 10.1. The van der Waals surface area contributed by atoms with Crippen LogP contribution in [0.4, 0.5) is 4.79 Å². The number of carbonyl (C=O) groups is 1. The van der Waals surface area contributed by atoms with Gasteiger partial charge in [-0.25, -0.2) is 13.2 Å². The molecule has 0 bridgehead atoms. The molecule has 0 aliphatic carbocycles. The lowest BCUT2D eigenvalue weighted by Crippen LogP contribution is -2.43. The summed E-state index contributed by atoms with van der Waals surface area (Å²) in [4.78, 5) is 14.3. The van der Waals surface area contributed by atoms with Gasteiger partial charge >= 0.3 is 6.09 Å². The van der Waals surface area contributed by atoms with Crippen molar-refractivity contribution in [3.8, 4) is 0 Å². The van der Waals surface area contributed by atoms with Gasteiger partial charge in [0, 0.05) is 43.2 Å². The van der Waals surface area contributed by atoms with Crippen molar-refractivity contribution in [2.24, 2.45) is 7.05 Å². The number of rotatable bonds is 5. The van der Waals surface area contributed by atoms with Gasteiger partial charge in [-0.05, 0) is 63.6 Å². The summed E-state index contributed by atoms with van der Waals surface area (Å²) in [5, 5.41) is 0.843. The molecule has 0 saturated heterocycles. The van der Waals surface area contributed by atoms with E-state index >= 15 is 0 Å². The van der Waals surface area contributed by atoms with E-state index in [0.29, 0.717) is 6.42 Å². The highest BCUT2D eigenvalue weighted by atomic mass is 32.2. The first-order valence-corrected chi connectivity index (χ1v) is 11.7. The monoisotopic (exact) mass is 442 g/mol. The molecule has 0 N–H and O–H groups in total. The average Bonchev–Trinajstić information content (AvgIpc) is 3.02. The van der Waals surface area contributed by atoms with Crippen LogP contribution in [0.5, 0.6) is 0 Å². The number of aromatic nitrogens is 1. The van der Waals surface area contributed by atoms with Gasteiger partial charge in [-0.1, -0.05) is 17.7 Å². The molecule has 3 aromatic rings. The maximum absolute atomic E-state index is 13.1. The summed E-state index contributed by atoms with van der Waals surface area (Å²) in [6.07, 6.45) is 2.07. The Morgan fingerprint density at radius 3 is 2.29 bits per heavy atom. The Bertz CT molecular complexity index is 1200. The fourth-order valence-electron chi connectivity index (χ4n) is 3.29. The van der Waals surface area contributed by atoms with Gasteiger partial charge in [0.05, 0.1) is 16.4 Å². The van der Waals surface area contributed by atoms with Gasteiger partial charge in [-0.3, -0.25) is 0 Å². The van der Waals surface area contributed by atoms with Gasteiger partial charge in [0.2, 0.25) is 9.84 Å². The lowest BCUT2D eigenvalue weighted by molar-refractivity contribution is 0.0822. The molecule has 0 radical (unpaired) electrons. The summed E-state index contributed by atoms with van der Waals surface area (Å²) in [5.41, 5.74) is 2.54. The highest BCUT2D eigenvalue weighted by molar-refractivity contribution is 7.91. The second-order valence-electron chi connectivity index (χ2n) is 8.85. The number of ether oxygens (including phenoxy) is 1. The van der Waals surface area contributed by atoms with Crippen molar-refractivity contribution in [1.82, 2.24) is 9.47 Å². The smallest absolute Gasteiger partial charge is 0.409 e. The Balaban J connectivity index is 1.86. The summed E-state index contributed by atoms with van der Waals surface area (Å²) in [5.74, 6) is 0. The van der Waals surface area contributed by atoms with E-state index in [4.69, 9.17) is 4.74 Å². The summed E-state index contributed by atoms with van der Waals surface area (Å²) in [6, 6.07) is 12.0. The molecule has 1 amide bonds. The number of hydrogen-bond acceptors (Lipinski definition) is 4. The zero-order valence-corrected chi connectivity index (χ0v) is 19.8. The highest BCUT2D eigenvalue weighted by Crippen LogP contribution is 2.28. The molecule has 0 atom stereocenters. The number of hydrogen-bond donors (Lipinski definition) is 0. The Kier molecular flexibility index (Phi) is 6.18. The minimum atomic E-state index is -3.62. The van der Waals surface area contributed by atoms with Crippen LogP contribution in [-0.2, 0) is 28.0 Å². The molecule has 0 spiro atoms. The molecule has 1 heterocycles. The lowest BCUT2D eigenvalue weighted by Gasteiger charge is -2.30. The molecule has 0 unspecified atom stereocenters. The van der Waals surface area contributed by atoms with E-state index in [1.807, 2.05) is 51.6 Å². The normalized spacial score (nSPS) is 12.2.